The molecule has 0 saturated heterocycles. The van der Waals surface area contributed by atoms with Crippen molar-refractivity contribution in [3.05, 3.63) is 0 Å². The molecule has 14 heavy (non-hydrogen) atoms. The summed E-state index contributed by atoms with van der Waals surface area (Å²) in [6.45, 7) is 0. The minimum Gasteiger partial charge on any atom is -0.356 e. The van der Waals surface area contributed by atoms with Crippen LogP contribution in [0.3, 0.4) is 0 Å². The van der Waals surface area contributed by atoms with Gasteiger partial charge in [-0.05, 0) is 12.8 Å². The number of hydrogen-bond donors (Lipinski definition) is 4. The highest BCUT2D eigenvalue weighted by molar-refractivity contribution is 5.70. The highest BCUT2D eigenvalue weighted by Gasteiger charge is 2.05. The SMILES string of the molecule is NNOC(=O)CCCCC(=O)ONN. The number of hydrogen-bond acceptors (Lipinski definition) is 8. The Kier molecular flexibility index (Phi) is 7.65. The summed E-state index contributed by atoms with van der Waals surface area (Å²) < 4.78 is 0. The minimum atomic E-state index is -0.474. The van der Waals surface area contributed by atoms with Gasteiger partial charge in [-0.15, -0.1) is 0 Å². The molecule has 0 fully saturated rings. The maximum absolute atomic E-state index is 10.7. The average molecular weight is 206 g/mol. The van der Waals surface area contributed by atoms with Gasteiger partial charge in [0, 0.05) is 12.8 Å². The van der Waals surface area contributed by atoms with E-state index in [1.54, 1.807) is 11.2 Å². The first-order chi connectivity index (χ1) is 6.70. The predicted octanol–water partition coefficient (Wildman–Crippen LogP) is -1.61. The van der Waals surface area contributed by atoms with E-state index in [0.717, 1.165) is 0 Å². The minimum absolute atomic E-state index is 0.188. The second-order valence-electron chi connectivity index (χ2n) is 2.39. The van der Waals surface area contributed by atoms with Crippen molar-refractivity contribution in [1.29, 1.82) is 0 Å². The first-order valence-electron chi connectivity index (χ1n) is 4.01. The highest BCUT2D eigenvalue weighted by Crippen LogP contribution is 2.01. The Bertz CT molecular complexity index is 167. The fraction of sp³-hybridized carbons (Fsp3) is 0.667. The van der Waals surface area contributed by atoms with E-state index >= 15 is 0 Å². The van der Waals surface area contributed by atoms with Crippen LogP contribution in [-0.4, -0.2) is 11.9 Å². The van der Waals surface area contributed by atoms with Crippen LogP contribution in [0.2, 0.25) is 0 Å². The Morgan fingerprint density at radius 2 is 1.29 bits per heavy atom. The van der Waals surface area contributed by atoms with Crippen molar-refractivity contribution in [2.45, 2.75) is 25.7 Å². The summed E-state index contributed by atoms with van der Waals surface area (Å²) in [5, 5.41) is 0. The molecule has 0 radical (unpaired) electrons. The largest absolute Gasteiger partial charge is 0.356 e. The molecular weight excluding hydrogens is 192 g/mol. The van der Waals surface area contributed by atoms with Crippen LogP contribution in [0.1, 0.15) is 25.7 Å². The summed E-state index contributed by atoms with van der Waals surface area (Å²) in [7, 11) is 0. The van der Waals surface area contributed by atoms with Crippen molar-refractivity contribution in [2.75, 3.05) is 0 Å². The molecule has 0 heterocycles. The van der Waals surface area contributed by atoms with Crippen LogP contribution in [0.5, 0.6) is 0 Å². The van der Waals surface area contributed by atoms with Gasteiger partial charge in [0.2, 0.25) is 0 Å². The van der Waals surface area contributed by atoms with Gasteiger partial charge in [0.25, 0.3) is 0 Å². The van der Waals surface area contributed by atoms with Crippen LogP contribution in [0.25, 0.3) is 0 Å². The molecule has 0 aliphatic rings. The zero-order valence-electron chi connectivity index (χ0n) is 7.62. The molecule has 0 aliphatic heterocycles. The number of carbonyl (C=O) groups is 2. The first kappa shape index (κ1) is 12.8. The summed E-state index contributed by atoms with van der Waals surface area (Å²) in [4.78, 5) is 29.9. The molecule has 82 valence electrons. The van der Waals surface area contributed by atoms with Gasteiger partial charge in [-0.2, -0.15) is 0 Å². The van der Waals surface area contributed by atoms with E-state index < -0.39 is 11.9 Å². The van der Waals surface area contributed by atoms with Crippen molar-refractivity contribution in [1.82, 2.24) is 11.2 Å². The fourth-order valence-corrected chi connectivity index (χ4v) is 0.772. The molecule has 0 spiro atoms. The number of carbonyl (C=O) groups excluding carboxylic acids is 2. The van der Waals surface area contributed by atoms with Crippen LogP contribution >= 0.6 is 0 Å². The van der Waals surface area contributed by atoms with Crippen LogP contribution in [0, 0.1) is 0 Å². The zero-order valence-corrected chi connectivity index (χ0v) is 7.62. The normalized spacial score (nSPS) is 9.57. The third-order valence-electron chi connectivity index (χ3n) is 1.36. The quantitative estimate of drug-likeness (QED) is 0.222. The summed E-state index contributed by atoms with van der Waals surface area (Å²) >= 11 is 0. The zero-order chi connectivity index (χ0) is 10.8. The monoisotopic (exact) mass is 206 g/mol. The maximum Gasteiger partial charge on any atom is 0.326 e. The standard InChI is InChI=1S/C6H14N4O4/c7-9-13-5(11)3-1-2-4-6(12)14-10-8/h9-10H,1-4,7-8H2. The Balaban J connectivity index is 3.28. The molecule has 0 aromatic carbocycles. The topological polar surface area (TPSA) is 129 Å². The molecule has 0 aliphatic carbocycles. The summed E-state index contributed by atoms with van der Waals surface area (Å²) in [5.74, 6) is 8.52. The van der Waals surface area contributed by atoms with E-state index in [2.05, 4.69) is 9.68 Å². The van der Waals surface area contributed by atoms with E-state index in [-0.39, 0.29) is 12.8 Å². The number of unbranched alkanes of at least 4 members (excludes halogenated alkanes) is 1. The molecule has 0 unspecified atom stereocenters. The van der Waals surface area contributed by atoms with Gasteiger partial charge in [0.15, 0.2) is 0 Å². The van der Waals surface area contributed by atoms with Crippen molar-refractivity contribution >= 4 is 11.9 Å². The number of nitrogens with one attached hydrogen (secondary N) is 2. The summed E-state index contributed by atoms with van der Waals surface area (Å²) in [6.07, 6.45) is 1.40. The van der Waals surface area contributed by atoms with Crippen LogP contribution in [0.4, 0.5) is 0 Å². The number of nitrogens with two attached hydrogens (primary N) is 2. The van der Waals surface area contributed by atoms with Crippen molar-refractivity contribution < 1.29 is 19.3 Å². The second-order valence-corrected chi connectivity index (χ2v) is 2.39. The Morgan fingerprint density at radius 3 is 1.57 bits per heavy atom. The van der Waals surface area contributed by atoms with E-state index in [1.807, 2.05) is 0 Å². The van der Waals surface area contributed by atoms with Crippen molar-refractivity contribution in [3.8, 4) is 0 Å². The van der Waals surface area contributed by atoms with Crippen molar-refractivity contribution in [3.63, 3.8) is 0 Å². The first-order valence-corrected chi connectivity index (χ1v) is 4.01. The third-order valence-corrected chi connectivity index (χ3v) is 1.36. The molecule has 0 saturated carbocycles. The lowest BCUT2D eigenvalue weighted by Gasteiger charge is -2.01. The lowest BCUT2D eigenvalue weighted by Crippen LogP contribution is -2.26. The summed E-state index contributed by atoms with van der Waals surface area (Å²) in [6, 6.07) is 0. The van der Waals surface area contributed by atoms with E-state index in [4.69, 9.17) is 11.7 Å². The molecule has 8 heteroatoms. The Hall–Kier alpha value is -1.22. The number of rotatable bonds is 7. The van der Waals surface area contributed by atoms with Crippen LogP contribution in [-0.2, 0) is 19.3 Å². The van der Waals surface area contributed by atoms with E-state index in [0.29, 0.717) is 12.8 Å². The Labute approximate surface area is 80.7 Å². The molecule has 0 amide bonds. The van der Waals surface area contributed by atoms with Gasteiger partial charge < -0.3 is 9.68 Å². The number of hydrazine groups is 2. The lowest BCUT2D eigenvalue weighted by molar-refractivity contribution is -0.153. The fourth-order valence-electron chi connectivity index (χ4n) is 0.772. The summed E-state index contributed by atoms with van der Waals surface area (Å²) in [5.41, 5.74) is 3.54. The highest BCUT2D eigenvalue weighted by atomic mass is 16.7. The van der Waals surface area contributed by atoms with Gasteiger partial charge in [-0.1, -0.05) is 11.2 Å². The molecule has 6 N–H and O–H groups in total. The van der Waals surface area contributed by atoms with E-state index in [9.17, 15) is 9.59 Å². The van der Waals surface area contributed by atoms with Gasteiger partial charge in [-0.3, -0.25) is 9.59 Å². The van der Waals surface area contributed by atoms with Crippen molar-refractivity contribution in [2.24, 2.45) is 11.7 Å². The van der Waals surface area contributed by atoms with Crippen LogP contribution in [0.15, 0.2) is 0 Å². The third kappa shape index (κ3) is 7.43. The van der Waals surface area contributed by atoms with Gasteiger partial charge in [0.1, 0.15) is 0 Å². The predicted molar refractivity (Wildman–Crippen MR) is 45.3 cm³/mol. The second kappa shape index (κ2) is 8.38. The molecule has 0 aromatic rings. The smallest absolute Gasteiger partial charge is 0.326 e. The molecule has 8 nitrogen and oxygen atoms in total. The van der Waals surface area contributed by atoms with Gasteiger partial charge >= 0.3 is 11.9 Å². The van der Waals surface area contributed by atoms with Crippen LogP contribution < -0.4 is 22.9 Å². The van der Waals surface area contributed by atoms with E-state index in [1.165, 1.54) is 0 Å². The van der Waals surface area contributed by atoms with Gasteiger partial charge in [0.05, 0.1) is 0 Å². The molecule has 0 aromatic heterocycles. The van der Waals surface area contributed by atoms with Gasteiger partial charge in [-0.25, -0.2) is 11.7 Å². The average Bonchev–Trinajstić information content (AvgIpc) is 2.13. The molecular formula is C6H14N4O4. The molecule has 0 bridgehead atoms. The molecule has 0 rings (SSSR count). The maximum atomic E-state index is 10.7. The lowest BCUT2D eigenvalue weighted by atomic mass is 10.2. The molecule has 0 atom stereocenters. The Morgan fingerprint density at radius 1 is 0.929 bits per heavy atom.